The fraction of sp³-hybridized carbons (Fsp3) is 0.385. The highest BCUT2D eigenvalue weighted by molar-refractivity contribution is 7.89. The zero-order chi connectivity index (χ0) is 27.5. The van der Waals surface area contributed by atoms with Crippen LogP contribution in [0.15, 0.2) is 35.2 Å². The number of amides is 4. The maximum atomic E-state index is 14.6. The molecule has 6 rings (SSSR count). The van der Waals surface area contributed by atoms with E-state index in [4.69, 9.17) is 0 Å². The summed E-state index contributed by atoms with van der Waals surface area (Å²) >= 11 is 0. The molecule has 4 aliphatic heterocycles. The van der Waals surface area contributed by atoms with Crippen LogP contribution in [0.2, 0.25) is 0 Å². The van der Waals surface area contributed by atoms with E-state index in [1.54, 1.807) is 12.1 Å². The Morgan fingerprint density at radius 2 is 1.62 bits per heavy atom. The Kier molecular flexibility index (Phi) is 6.14. The van der Waals surface area contributed by atoms with Gasteiger partial charge in [0.25, 0.3) is 5.91 Å². The Bertz CT molecular complexity index is 1540. The quantitative estimate of drug-likeness (QED) is 0.537. The minimum Gasteiger partial charge on any atom is -0.369 e. The van der Waals surface area contributed by atoms with Gasteiger partial charge in [-0.3, -0.25) is 24.5 Å². The number of hydrogen-bond donors (Lipinski definition) is 2. The molecule has 2 fully saturated rings. The first-order valence-electron chi connectivity index (χ1n) is 12.8. The number of rotatable bonds is 4. The summed E-state index contributed by atoms with van der Waals surface area (Å²) in [5.74, 6) is -2.09. The number of nitrogens with one attached hydrogen (secondary N) is 2. The summed E-state index contributed by atoms with van der Waals surface area (Å²) in [6, 6.07) is 6.38. The van der Waals surface area contributed by atoms with Gasteiger partial charge in [0.2, 0.25) is 27.7 Å². The second-order valence-corrected chi connectivity index (χ2v) is 12.0. The van der Waals surface area contributed by atoms with Gasteiger partial charge in [0.05, 0.1) is 4.90 Å². The highest BCUT2D eigenvalue weighted by atomic mass is 32.2. The Labute approximate surface area is 224 Å². The van der Waals surface area contributed by atoms with Gasteiger partial charge in [-0.25, -0.2) is 12.8 Å². The molecule has 0 spiro atoms. The van der Waals surface area contributed by atoms with E-state index in [9.17, 15) is 32.0 Å². The lowest BCUT2D eigenvalue weighted by molar-refractivity contribution is -0.137. The van der Waals surface area contributed by atoms with E-state index < -0.39 is 33.7 Å². The fourth-order valence-electron chi connectivity index (χ4n) is 5.73. The molecule has 4 amide bonds. The number of piperidine rings is 1. The van der Waals surface area contributed by atoms with Crippen molar-refractivity contribution in [3.63, 3.8) is 0 Å². The number of benzene rings is 2. The lowest BCUT2D eigenvalue weighted by Crippen LogP contribution is -2.52. The van der Waals surface area contributed by atoms with Gasteiger partial charge in [0.1, 0.15) is 11.9 Å². The van der Waals surface area contributed by atoms with Crippen LogP contribution in [0.25, 0.3) is 0 Å². The van der Waals surface area contributed by atoms with Gasteiger partial charge in [-0.15, -0.1) is 0 Å². The van der Waals surface area contributed by atoms with Gasteiger partial charge >= 0.3 is 0 Å². The molecule has 2 aromatic rings. The van der Waals surface area contributed by atoms with Gasteiger partial charge < -0.3 is 15.1 Å². The molecule has 0 aliphatic carbocycles. The van der Waals surface area contributed by atoms with E-state index >= 15 is 0 Å². The third-order valence-electron chi connectivity index (χ3n) is 7.79. The SMILES string of the molecule is O=C1CCC(N2Cc3c(cc(F)cc3N3CCN(S(=O)(=O)c4ccc5c(c4)CCC(=O)N5)CC3)C2=O)C(=O)N1. The molecule has 4 aliphatic rings. The molecule has 204 valence electrons. The van der Waals surface area contributed by atoms with E-state index in [1.165, 1.54) is 21.3 Å². The second kappa shape index (κ2) is 9.42. The summed E-state index contributed by atoms with van der Waals surface area (Å²) in [7, 11) is -3.79. The first kappa shape index (κ1) is 25.4. The van der Waals surface area contributed by atoms with Crippen LogP contribution in [0.3, 0.4) is 0 Å². The van der Waals surface area contributed by atoms with Crippen LogP contribution in [0, 0.1) is 5.82 Å². The zero-order valence-corrected chi connectivity index (χ0v) is 21.7. The van der Waals surface area contributed by atoms with Crippen LogP contribution in [0.5, 0.6) is 0 Å². The largest absolute Gasteiger partial charge is 0.369 e. The molecular formula is C26H26FN5O6S. The highest BCUT2D eigenvalue weighted by Gasteiger charge is 2.41. The van der Waals surface area contributed by atoms with Crippen LogP contribution >= 0.6 is 0 Å². The van der Waals surface area contributed by atoms with Crippen molar-refractivity contribution >= 4 is 45.0 Å². The van der Waals surface area contributed by atoms with Gasteiger partial charge in [-0.2, -0.15) is 4.31 Å². The number of halogens is 1. The standard InChI is InChI=1S/C26H26FN5O6S/c27-16-12-18-19(14-32(26(18)36)21-4-6-24(34)29-25(21)35)22(13-16)30-7-9-31(10-8-30)39(37,38)17-2-3-20-15(11-17)1-5-23(33)28-20/h2-3,11-13,21H,1,4-10,14H2,(H,28,33)(H,29,34,35). The van der Waals surface area contributed by atoms with Crippen molar-refractivity contribution in [3.8, 4) is 0 Å². The second-order valence-electron chi connectivity index (χ2n) is 10.1. The van der Waals surface area contributed by atoms with Crippen molar-refractivity contribution < 1.29 is 32.0 Å². The number of carbonyl (C=O) groups excluding carboxylic acids is 4. The van der Waals surface area contributed by atoms with Crippen molar-refractivity contribution in [1.29, 1.82) is 0 Å². The molecule has 13 heteroatoms. The number of anilines is 2. The van der Waals surface area contributed by atoms with Crippen molar-refractivity contribution in [3.05, 3.63) is 52.8 Å². The predicted octanol–water partition coefficient (Wildman–Crippen LogP) is 0.982. The molecule has 39 heavy (non-hydrogen) atoms. The lowest BCUT2D eigenvalue weighted by atomic mass is 10.0. The number of nitrogens with zero attached hydrogens (tertiary/aromatic N) is 3. The molecule has 2 aromatic carbocycles. The molecule has 2 saturated heterocycles. The molecule has 4 heterocycles. The summed E-state index contributed by atoms with van der Waals surface area (Å²) in [5, 5.41) is 5.01. The van der Waals surface area contributed by atoms with Crippen LogP contribution in [0.4, 0.5) is 15.8 Å². The van der Waals surface area contributed by atoms with E-state index in [1.807, 2.05) is 4.90 Å². The molecule has 0 radical (unpaired) electrons. The average Bonchev–Trinajstić information content (AvgIpc) is 3.23. The monoisotopic (exact) mass is 555 g/mol. The molecular weight excluding hydrogens is 529 g/mol. The highest BCUT2D eigenvalue weighted by Crippen LogP contribution is 2.36. The Hall–Kier alpha value is -3.84. The molecule has 2 N–H and O–H groups in total. The minimum absolute atomic E-state index is 0.0972. The van der Waals surface area contributed by atoms with Gasteiger partial charge in [0.15, 0.2) is 0 Å². The van der Waals surface area contributed by atoms with Gasteiger partial charge in [0, 0.05) is 68.1 Å². The van der Waals surface area contributed by atoms with E-state index in [-0.39, 0.29) is 67.8 Å². The van der Waals surface area contributed by atoms with E-state index in [2.05, 4.69) is 10.6 Å². The minimum atomic E-state index is -3.79. The number of aryl methyl sites for hydroxylation is 1. The number of sulfonamides is 1. The summed E-state index contributed by atoms with van der Waals surface area (Å²) in [6.45, 7) is 0.976. The summed E-state index contributed by atoms with van der Waals surface area (Å²) in [6.07, 6.45) is 1.09. The Morgan fingerprint density at radius 1 is 0.872 bits per heavy atom. The Morgan fingerprint density at radius 3 is 2.36 bits per heavy atom. The fourth-order valence-corrected chi connectivity index (χ4v) is 7.20. The third kappa shape index (κ3) is 4.44. The number of carbonyl (C=O) groups is 4. The number of imide groups is 1. The predicted molar refractivity (Wildman–Crippen MR) is 137 cm³/mol. The summed E-state index contributed by atoms with van der Waals surface area (Å²) < 4.78 is 42.8. The van der Waals surface area contributed by atoms with E-state index in [0.29, 0.717) is 29.8 Å². The topological polar surface area (TPSA) is 136 Å². The van der Waals surface area contributed by atoms with Crippen LogP contribution in [0.1, 0.15) is 40.7 Å². The Balaban J connectivity index is 1.20. The van der Waals surface area contributed by atoms with Crippen LogP contribution < -0.4 is 15.5 Å². The normalized spacial score (nSPS) is 21.9. The van der Waals surface area contributed by atoms with Gasteiger partial charge in [-0.05, 0) is 48.7 Å². The van der Waals surface area contributed by atoms with Gasteiger partial charge in [-0.1, -0.05) is 0 Å². The van der Waals surface area contributed by atoms with Crippen molar-refractivity contribution in [2.45, 2.75) is 43.2 Å². The molecule has 1 atom stereocenters. The van der Waals surface area contributed by atoms with Crippen LogP contribution in [-0.4, -0.2) is 73.5 Å². The molecule has 0 bridgehead atoms. The molecule has 1 unspecified atom stereocenters. The lowest BCUT2D eigenvalue weighted by Gasteiger charge is -2.36. The maximum absolute atomic E-state index is 14.6. The maximum Gasteiger partial charge on any atom is 0.255 e. The molecule has 11 nitrogen and oxygen atoms in total. The summed E-state index contributed by atoms with van der Waals surface area (Å²) in [4.78, 5) is 52.1. The third-order valence-corrected chi connectivity index (χ3v) is 9.68. The number of hydrogen-bond acceptors (Lipinski definition) is 7. The number of piperazine rings is 1. The molecule has 0 aromatic heterocycles. The summed E-state index contributed by atoms with van der Waals surface area (Å²) in [5.41, 5.74) is 2.64. The smallest absolute Gasteiger partial charge is 0.255 e. The average molecular weight is 556 g/mol. The first-order valence-corrected chi connectivity index (χ1v) is 14.2. The van der Waals surface area contributed by atoms with Crippen molar-refractivity contribution in [2.24, 2.45) is 0 Å². The number of fused-ring (bicyclic) bond motifs is 2. The van der Waals surface area contributed by atoms with Crippen molar-refractivity contribution in [2.75, 3.05) is 36.4 Å². The van der Waals surface area contributed by atoms with E-state index in [0.717, 1.165) is 11.6 Å². The molecule has 0 saturated carbocycles. The van der Waals surface area contributed by atoms with Crippen molar-refractivity contribution in [1.82, 2.24) is 14.5 Å². The van der Waals surface area contributed by atoms with Crippen LogP contribution in [-0.2, 0) is 37.4 Å². The zero-order valence-electron chi connectivity index (χ0n) is 20.9. The first-order chi connectivity index (χ1) is 18.6.